The molecular weight excluding hydrogens is 358 g/mol. The lowest BCUT2D eigenvalue weighted by atomic mass is 9.98. The van der Waals surface area contributed by atoms with Crippen molar-refractivity contribution in [2.24, 2.45) is 0 Å². The smallest absolute Gasteiger partial charge is 0.228 e. The molecule has 1 N–H and O–H groups in total. The first-order chi connectivity index (χ1) is 14.2. The second kappa shape index (κ2) is 8.48. The van der Waals surface area contributed by atoms with Gasteiger partial charge in [0.05, 0.1) is 6.42 Å². The Bertz CT molecular complexity index is 1130. The third-order valence-electron chi connectivity index (χ3n) is 4.70. The predicted octanol–water partition coefficient (Wildman–Crippen LogP) is 5.30. The van der Waals surface area contributed by atoms with E-state index in [1.807, 2.05) is 79.9 Å². The van der Waals surface area contributed by atoms with E-state index in [1.54, 1.807) is 12.4 Å². The van der Waals surface area contributed by atoms with Gasteiger partial charge in [0.1, 0.15) is 0 Å². The van der Waals surface area contributed by atoms with Gasteiger partial charge in [0, 0.05) is 41.1 Å². The molecular formula is C25H21N3O. The largest absolute Gasteiger partial charge is 0.325 e. The lowest BCUT2D eigenvalue weighted by Gasteiger charge is -2.14. The Morgan fingerprint density at radius 2 is 1.72 bits per heavy atom. The van der Waals surface area contributed by atoms with E-state index in [4.69, 9.17) is 0 Å². The molecule has 0 saturated carbocycles. The summed E-state index contributed by atoms with van der Waals surface area (Å²) in [7, 11) is 0. The van der Waals surface area contributed by atoms with Gasteiger partial charge in [-0.2, -0.15) is 0 Å². The SMILES string of the molecule is Cc1cc(-c2cc(-c3cccnc3)ccc2NC(=O)Cc2ccccc2)ccn1. The highest BCUT2D eigenvalue weighted by Gasteiger charge is 2.12. The van der Waals surface area contributed by atoms with Crippen molar-refractivity contribution in [2.45, 2.75) is 13.3 Å². The van der Waals surface area contributed by atoms with Crippen LogP contribution in [0.2, 0.25) is 0 Å². The quantitative estimate of drug-likeness (QED) is 0.512. The van der Waals surface area contributed by atoms with Gasteiger partial charge in [0.15, 0.2) is 0 Å². The van der Waals surface area contributed by atoms with Crippen LogP contribution in [-0.4, -0.2) is 15.9 Å². The maximum absolute atomic E-state index is 12.7. The number of carbonyl (C=O) groups excluding carboxylic acids is 1. The molecule has 0 unspecified atom stereocenters. The Balaban J connectivity index is 1.70. The van der Waals surface area contributed by atoms with Crippen molar-refractivity contribution in [2.75, 3.05) is 5.32 Å². The van der Waals surface area contributed by atoms with Crippen molar-refractivity contribution in [3.8, 4) is 22.3 Å². The summed E-state index contributed by atoms with van der Waals surface area (Å²) in [6.07, 6.45) is 5.72. The summed E-state index contributed by atoms with van der Waals surface area (Å²) < 4.78 is 0. The van der Waals surface area contributed by atoms with E-state index in [-0.39, 0.29) is 5.91 Å². The first-order valence-corrected chi connectivity index (χ1v) is 9.50. The Morgan fingerprint density at radius 3 is 2.48 bits per heavy atom. The average molecular weight is 379 g/mol. The molecule has 0 radical (unpaired) electrons. The van der Waals surface area contributed by atoms with Crippen LogP contribution in [0.15, 0.2) is 91.4 Å². The first kappa shape index (κ1) is 18.6. The summed E-state index contributed by atoms with van der Waals surface area (Å²) in [6.45, 7) is 1.96. The first-order valence-electron chi connectivity index (χ1n) is 9.50. The zero-order chi connectivity index (χ0) is 20.1. The van der Waals surface area contributed by atoms with Crippen LogP contribution in [-0.2, 0) is 11.2 Å². The van der Waals surface area contributed by atoms with Gasteiger partial charge in [0.2, 0.25) is 5.91 Å². The average Bonchev–Trinajstić information content (AvgIpc) is 2.75. The number of nitrogens with zero attached hydrogens (tertiary/aromatic N) is 2. The van der Waals surface area contributed by atoms with Crippen LogP contribution in [0.5, 0.6) is 0 Å². The normalized spacial score (nSPS) is 10.5. The topological polar surface area (TPSA) is 54.9 Å². The third-order valence-corrected chi connectivity index (χ3v) is 4.70. The zero-order valence-electron chi connectivity index (χ0n) is 16.2. The summed E-state index contributed by atoms with van der Waals surface area (Å²) in [6, 6.07) is 23.7. The minimum absolute atomic E-state index is 0.0441. The highest BCUT2D eigenvalue weighted by atomic mass is 16.1. The van der Waals surface area contributed by atoms with Crippen molar-refractivity contribution in [1.82, 2.24) is 9.97 Å². The molecule has 0 fully saturated rings. The highest BCUT2D eigenvalue weighted by Crippen LogP contribution is 2.33. The molecule has 4 heteroatoms. The third kappa shape index (κ3) is 4.55. The van der Waals surface area contributed by atoms with Crippen LogP contribution < -0.4 is 5.32 Å². The molecule has 4 aromatic rings. The van der Waals surface area contributed by atoms with E-state index in [9.17, 15) is 4.79 Å². The molecule has 0 spiro atoms. The van der Waals surface area contributed by atoms with Gasteiger partial charge in [-0.3, -0.25) is 14.8 Å². The number of amides is 1. The highest BCUT2D eigenvalue weighted by molar-refractivity contribution is 5.97. The van der Waals surface area contributed by atoms with Crippen LogP contribution >= 0.6 is 0 Å². The molecule has 0 atom stereocenters. The number of rotatable bonds is 5. The van der Waals surface area contributed by atoms with Gasteiger partial charge in [0.25, 0.3) is 0 Å². The molecule has 2 aromatic carbocycles. The summed E-state index contributed by atoms with van der Waals surface area (Å²) in [5.74, 6) is -0.0441. The molecule has 4 nitrogen and oxygen atoms in total. The maximum atomic E-state index is 12.7. The number of benzene rings is 2. The minimum Gasteiger partial charge on any atom is -0.325 e. The molecule has 0 aliphatic heterocycles. The van der Waals surface area contributed by atoms with Crippen molar-refractivity contribution in [3.05, 3.63) is 103 Å². The second-order valence-corrected chi connectivity index (χ2v) is 6.90. The maximum Gasteiger partial charge on any atom is 0.228 e. The van der Waals surface area contributed by atoms with E-state index >= 15 is 0 Å². The summed E-state index contributed by atoms with van der Waals surface area (Å²) in [4.78, 5) is 21.2. The van der Waals surface area contributed by atoms with Gasteiger partial charge in [-0.15, -0.1) is 0 Å². The Kier molecular flexibility index (Phi) is 5.43. The number of carbonyl (C=O) groups is 1. The van der Waals surface area contributed by atoms with Crippen molar-refractivity contribution in [3.63, 3.8) is 0 Å². The molecule has 0 aliphatic rings. The monoisotopic (exact) mass is 379 g/mol. The number of hydrogen-bond acceptors (Lipinski definition) is 3. The van der Waals surface area contributed by atoms with Crippen LogP contribution in [0.25, 0.3) is 22.3 Å². The second-order valence-electron chi connectivity index (χ2n) is 6.90. The van der Waals surface area contributed by atoms with E-state index in [2.05, 4.69) is 21.4 Å². The van der Waals surface area contributed by atoms with Crippen molar-refractivity contribution in [1.29, 1.82) is 0 Å². The number of hydrogen-bond donors (Lipinski definition) is 1. The Hall–Kier alpha value is -3.79. The Morgan fingerprint density at radius 1 is 0.862 bits per heavy atom. The van der Waals surface area contributed by atoms with Crippen LogP contribution in [0.4, 0.5) is 5.69 Å². The lowest BCUT2D eigenvalue weighted by Crippen LogP contribution is -2.15. The number of anilines is 1. The molecule has 29 heavy (non-hydrogen) atoms. The molecule has 2 aromatic heterocycles. The van der Waals surface area contributed by atoms with Gasteiger partial charge >= 0.3 is 0 Å². The van der Waals surface area contributed by atoms with Gasteiger partial charge in [-0.05, 0) is 53.9 Å². The van der Waals surface area contributed by atoms with Gasteiger partial charge in [-0.1, -0.05) is 42.5 Å². The minimum atomic E-state index is -0.0441. The van der Waals surface area contributed by atoms with E-state index < -0.39 is 0 Å². The predicted molar refractivity (Wildman–Crippen MR) is 116 cm³/mol. The van der Waals surface area contributed by atoms with Crippen LogP contribution in [0, 0.1) is 6.92 Å². The van der Waals surface area contributed by atoms with E-state index in [0.29, 0.717) is 6.42 Å². The van der Waals surface area contributed by atoms with E-state index in [0.717, 1.165) is 39.2 Å². The Labute approximate surface area is 170 Å². The molecule has 2 heterocycles. The molecule has 142 valence electrons. The molecule has 0 bridgehead atoms. The number of aryl methyl sites for hydroxylation is 1. The molecule has 1 amide bonds. The molecule has 0 saturated heterocycles. The van der Waals surface area contributed by atoms with Gasteiger partial charge < -0.3 is 5.32 Å². The number of pyridine rings is 2. The summed E-state index contributed by atoms with van der Waals surface area (Å²) in [5.41, 5.74) is 6.74. The standard InChI is InChI=1S/C25H21N3O/c1-18-14-21(11-13-27-18)23-16-20(22-8-5-12-26-17-22)9-10-24(23)28-25(29)15-19-6-3-2-4-7-19/h2-14,16-17H,15H2,1H3,(H,28,29). The van der Waals surface area contributed by atoms with Crippen molar-refractivity contribution >= 4 is 11.6 Å². The van der Waals surface area contributed by atoms with Gasteiger partial charge in [-0.25, -0.2) is 0 Å². The lowest BCUT2D eigenvalue weighted by molar-refractivity contribution is -0.115. The van der Waals surface area contributed by atoms with Crippen LogP contribution in [0.1, 0.15) is 11.3 Å². The zero-order valence-corrected chi connectivity index (χ0v) is 16.2. The van der Waals surface area contributed by atoms with Crippen LogP contribution in [0.3, 0.4) is 0 Å². The number of aromatic nitrogens is 2. The summed E-state index contributed by atoms with van der Waals surface area (Å²) in [5, 5.41) is 3.08. The summed E-state index contributed by atoms with van der Waals surface area (Å²) >= 11 is 0. The fourth-order valence-corrected chi connectivity index (χ4v) is 3.29. The van der Waals surface area contributed by atoms with E-state index in [1.165, 1.54) is 0 Å². The molecule has 4 rings (SSSR count). The fourth-order valence-electron chi connectivity index (χ4n) is 3.29. The molecule has 0 aliphatic carbocycles. The number of nitrogens with one attached hydrogen (secondary N) is 1. The van der Waals surface area contributed by atoms with Crippen molar-refractivity contribution < 1.29 is 4.79 Å². The fraction of sp³-hybridized carbons (Fsp3) is 0.0800.